The number of aryl methyl sites for hydroxylation is 1. The molecular weight excluding hydrogens is 565 g/mol. The van der Waals surface area contributed by atoms with Crippen molar-refractivity contribution >= 4 is 62.5 Å². The van der Waals surface area contributed by atoms with Crippen molar-refractivity contribution in [3.8, 4) is 0 Å². The van der Waals surface area contributed by atoms with Crippen molar-refractivity contribution in [1.29, 1.82) is 0 Å². The number of sulfonamides is 1. The van der Waals surface area contributed by atoms with Gasteiger partial charge in [0.25, 0.3) is 10.0 Å². The Bertz CT molecular complexity index is 1400. The third-order valence-electron chi connectivity index (χ3n) is 6.02. The van der Waals surface area contributed by atoms with Crippen LogP contribution in [0.4, 0.5) is 5.69 Å². The van der Waals surface area contributed by atoms with E-state index in [9.17, 15) is 18.0 Å². The minimum absolute atomic E-state index is 0.0202. The summed E-state index contributed by atoms with van der Waals surface area (Å²) in [6, 6.07) is 17.3. The Balaban J connectivity index is 2.04. The molecular formula is C27H29Cl2N3O4S2. The fourth-order valence-electron chi connectivity index (χ4n) is 3.74. The number of hydrogen-bond donors (Lipinski definition) is 1. The highest BCUT2D eigenvalue weighted by molar-refractivity contribution is 7.98. The van der Waals surface area contributed by atoms with Crippen LogP contribution in [-0.2, 0) is 26.2 Å². The highest BCUT2D eigenvalue weighted by atomic mass is 35.5. The molecule has 38 heavy (non-hydrogen) atoms. The van der Waals surface area contributed by atoms with Crippen molar-refractivity contribution in [1.82, 2.24) is 10.2 Å². The standard InChI is InChI=1S/C27H29Cl2N3O4S2/c1-18-5-9-22(10-6-18)32(38(35,36)24-13-11-23(37-4)12-14-24)17-26(33)31(19(2)27(34)30-3)16-20-7-8-21(28)15-25(20)29/h5-15,19H,16-17H2,1-4H3,(H,30,34)/t19-/m1/s1. The first-order valence-corrected chi connectivity index (χ1v) is 15.1. The van der Waals surface area contributed by atoms with Crippen LogP contribution in [0.1, 0.15) is 18.1 Å². The summed E-state index contributed by atoms with van der Waals surface area (Å²) in [5.41, 5.74) is 1.83. The minimum atomic E-state index is -4.13. The monoisotopic (exact) mass is 593 g/mol. The van der Waals surface area contributed by atoms with Crippen molar-refractivity contribution in [2.75, 3.05) is 24.2 Å². The molecule has 0 aliphatic heterocycles. The van der Waals surface area contributed by atoms with Gasteiger partial charge in [0.15, 0.2) is 0 Å². The molecule has 3 rings (SSSR count). The molecule has 0 aromatic heterocycles. The number of thioether (sulfide) groups is 1. The molecule has 1 N–H and O–H groups in total. The number of anilines is 1. The van der Waals surface area contributed by atoms with E-state index in [0.29, 0.717) is 21.3 Å². The van der Waals surface area contributed by atoms with Gasteiger partial charge in [0.2, 0.25) is 11.8 Å². The van der Waals surface area contributed by atoms with E-state index >= 15 is 0 Å². The Kier molecular flexibility index (Phi) is 10.1. The van der Waals surface area contributed by atoms with Gasteiger partial charge in [-0.25, -0.2) is 8.42 Å². The molecule has 0 heterocycles. The molecule has 0 spiro atoms. The van der Waals surface area contributed by atoms with Crippen LogP contribution in [0.25, 0.3) is 0 Å². The molecule has 3 aromatic carbocycles. The Morgan fingerprint density at radius 3 is 2.18 bits per heavy atom. The zero-order valence-corrected chi connectivity index (χ0v) is 24.6. The normalized spacial score (nSPS) is 12.1. The van der Waals surface area contributed by atoms with Gasteiger partial charge < -0.3 is 10.2 Å². The first-order chi connectivity index (χ1) is 18.0. The second kappa shape index (κ2) is 12.9. The predicted octanol–water partition coefficient (Wildman–Crippen LogP) is 5.38. The maximum atomic E-state index is 13.8. The Hall–Kier alpha value is -2.72. The maximum absolute atomic E-state index is 13.8. The first-order valence-electron chi connectivity index (χ1n) is 11.7. The number of nitrogens with one attached hydrogen (secondary N) is 1. The smallest absolute Gasteiger partial charge is 0.264 e. The zero-order valence-electron chi connectivity index (χ0n) is 21.4. The van der Waals surface area contributed by atoms with E-state index < -0.39 is 34.4 Å². The van der Waals surface area contributed by atoms with Crippen LogP contribution in [-0.4, -0.2) is 51.0 Å². The third kappa shape index (κ3) is 7.02. The topological polar surface area (TPSA) is 86.8 Å². The second-order valence-electron chi connectivity index (χ2n) is 8.57. The van der Waals surface area contributed by atoms with Crippen LogP contribution in [0.5, 0.6) is 0 Å². The molecule has 1 atom stereocenters. The molecule has 0 bridgehead atoms. The summed E-state index contributed by atoms with van der Waals surface area (Å²) >= 11 is 13.9. The van der Waals surface area contributed by atoms with Gasteiger partial charge in [-0.05, 0) is 74.2 Å². The van der Waals surface area contributed by atoms with E-state index in [2.05, 4.69) is 5.32 Å². The lowest BCUT2D eigenvalue weighted by Gasteiger charge is -2.32. The summed E-state index contributed by atoms with van der Waals surface area (Å²) in [7, 11) is -2.66. The fourth-order valence-corrected chi connectivity index (χ4v) is 6.03. The third-order valence-corrected chi connectivity index (χ3v) is 9.14. The molecule has 2 amide bonds. The van der Waals surface area contributed by atoms with Crippen molar-refractivity contribution in [3.63, 3.8) is 0 Å². The molecule has 0 aliphatic carbocycles. The molecule has 0 fully saturated rings. The number of hydrogen-bond acceptors (Lipinski definition) is 5. The lowest BCUT2D eigenvalue weighted by atomic mass is 10.1. The lowest BCUT2D eigenvalue weighted by molar-refractivity contribution is -0.139. The second-order valence-corrected chi connectivity index (χ2v) is 12.2. The number of benzene rings is 3. The van der Waals surface area contributed by atoms with Crippen LogP contribution < -0.4 is 9.62 Å². The molecule has 11 heteroatoms. The van der Waals surface area contributed by atoms with Crippen molar-refractivity contribution in [3.05, 3.63) is 87.9 Å². The van der Waals surface area contributed by atoms with Crippen LogP contribution >= 0.6 is 35.0 Å². The van der Waals surface area contributed by atoms with Gasteiger partial charge in [0.05, 0.1) is 10.6 Å². The Morgan fingerprint density at radius 1 is 1.00 bits per heavy atom. The molecule has 0 aliphatic rings. The molecule has 7 nitrogen and oxygen atoms in total. The maximum Gasteiger partial charge on any atom is 0.264 e. The summed E-state index contributed by atoms with van der Waals surface area (Å²) in [5.74, 6) is -0.974. The molecule has 0 saturated heterocycles. The van der Waals surface area contributed by atoms with Gasteiger partial charge in [-0.15, -0.1) is 11.8 Å². The highest BCUT2D eigenvalue weighted by Gasteiger charge is 2.32. The number of carbonyl (C=O) groups excluding carboxylic acids is 2. The van der Waals surface area contributed by atoms with Gasteiger partial charge in [0, 0.05) is 28.5 Å². The SMILES string of the molecule is CNC(=O)[C@@H](C)N(Cc1ccc(Cl)cc1Cl)C(=O)CN(c1ccc(C)cc1)S(=O)(=O)c1ccc(SC)cc1. The number of rotatable bonds is 10. The van der Waals surface area contributed by atoms with Crippen LogP contribution in [0.2, 0.25) is 10.0 Å². The van der Waals surface area contributed by atoms with E-state index in [0.717, 1.165) is 14.8 Å². The summed E-state index contributed by atoms with van der Waals surface area (Å²) < 4.78 is 28.7. The largest absolute Gasteiger partial charge is 0.357 e. The van der Waals surface area contributed by atoms with E-state index in [4.69, 9.17) is 23.2 Å². The fraction of sp³-hybridized carbons (Fsp3) is 0.259. The van der Waals surface area contributed by atoms with Gasteiger partial charge in [-0.1, -0.05) is 47.0 Å². The Morgan fingerprint density at radius 2 is 1.63 bits per heavy atom. The van der Waals surface area contributed by atoms with E-state index in [1.807, 2.05) is 13.2 Å². The number of carbonyl (C=O) groups is 2. The lowest BCUT2D eigenvalue weighted by Crippen LogP contribution is -2.50. The van der Waals surface area contributed by atoms with Crippen molar-refractivity contribution in [2.45, 2.75) is 36.2 Å². The van der Waals surface area contributed by atoms with Crippen LogP contribution in [0, 0.1) is 6.92 Å². The predicted molar refractivity (Wildman–Crippen MR) is 154 cm³/mol. The summed E-state index contributed by atoms with van der Waals surface area (Å²) in [5, 5.41) is 3.31. The van der Waals surface area contributed by atoms with Crippen LogP contribution in [0.3, 0.4) is 0 Å². The average Bonchev–Trinajstić information content (AvgIpc) is 2.90. The highest BCUT2D eigenvalue weighted by Crippen LogP contribution is 2.27. The van der Waals surface area contributed by atoms with E-state index in [1.165, 1.54) is 35.8 Å². The summed E-state index contributed by atoms with van der Waals surface area (Å²) in [6.45, 7) is 2.92. The number of nitrogens with zero attached hydrogens (tertiary/aromatic N) is 2. The minimum Gasteiger partial charge on any atom is -0.357 e. The summed E-state index contributed by atoms with van der Waals surface area (Å²) in [4.78, 5) is 28.6. The quantitative estimate of drug-likeness (QED) is 0.319. The van der Waals surface area contributed by atoms with Crippen molar-refractivity contribution in [2.24, 2.45) is 0 Å². The average molecular weight is 595 g/mol. The number of likely N-dealkylation sites (N-methyl/N-ethyl adjacent to an activating group) is 1. The molecule has 202 valence electrons. The molecule has 0 unspecified atom stereocenters. The number of amides is 2. The van der Waals surface area contributed by atoms with Crippen molar-refractivity contribution < 1.29 is 18.0 Å². The molecule has 0 saturated carbocycles. The van der Waals surface area contributed by atoms with Gasteiger partial charge >= 0.3 is 0 Å². The molecule has 3 aromatic rings. The van der Waals surface area contributed by atoms with Gasteiger partial charge in [0.1, 0.15) is 12.6 Å². The van der Waals surface area contributed by atoms with E-state index in [-0.39, 0.29) is 11.4 Å². The number of halogens is 2. The van der Waals surface area contributed by atoms with Crippen LogP contribution in [0.15, 0.2) is 76.5 Å². The van der Waals surface area contributed by atoms with Gasteiger partial charge in [-0.2, -0.15) is 0 Å². The first kappa shape index (κ1) is 29.8. The van der Waals surface area contributed by atoms with E-state index in [1.54, 1.807) is 61.5 Å². The summed E-state index contributed by atoms with van der Waals surface area (Å²) in [6.07, 6.45) is 1.90. The molecule has 0 radical (unpaired) electrons. The van der Waals surface area contributed by atoms with Gasteiger partial charge in [-0.3, -0.25) is 13.9 Å². The Labute approximate surface area is 238 Å². The zero-order chi connectivity index (χ0) is 28.0.